The van der Waals surface area contributed by atoms with Crippen molar-refractivity contribution in [3.8, 4) is 0 Å². The lowest BCUT2D eigenvalue weighted by molar-refractivity contribution is 0.227. The summed E-state index contributed by atoms with van der Waals surface area (Å²) in [6.45, 7) is 5.39. The zero-order chi connectivity index (χ0) is 10.1. The molecule has 1 fully saturated rings. The summed E-state index contributed by atoms with van der Waals surface area (Å²) in [5, 5.41) is 7.83. The number of aryl methyl sites for hydroxylation is 2. The van der Waals surface area contributed by atoms with Crippen LogP contribution >= 0.6 is 0 Å². The molecule has 1 heterocycles. The van der Waals surface area contributed by atoms with Crippen LogP contribution in [0.15, 0.2) is 6.20 Å². The van der Waals surface area contributed by atoms with Crippen LogP contribution in [0.2, 0.25) is 0 Å². The van der Waals surface area contributed by atoms with E-state index in [4.69, 9.17) is 0 Å². The van der Waals surface area contributed by atoms with Crippen LogP contribution in [0.4, 0.5) is 0 Å². The minimum atomic E-state index is 0.726. The van der Waals surface area contributed by atoms with Gasteiger partial charge in [-0.1, -0.05) is 6.92 Å². The molecule has 0 spiro atoms. The fourth-order valence-corrected chi connectivity index (χ4v) is 2.02. The highest BCUT2D eigenvalue weighted by atomic mass is 15.3. The monoisotopic (exact) mass is 193 g/mol. The second kappa shape index (κ2) is 3.73. The van der Waals surface area contributed by atoms with E-state index in [1.807, 2.05) is 17.9 Å². The molecule has 0 amide bonds. The quantitative estimate of drug-likeness (QED) is 0.790. The summed E-state index contributed by atoms with van der Waals surface area (Å²) in [5.74, 6) is 0.850. The molecule has 1 aliphatic carbocycles. The molecule has 78 valence electrons. The van der Waals surface area contributed by atoms with Crippen molar-refractivity contribution in [3.05, 3.63) is 17.5 Å². The summed E-state index contributed by atoms with van der Waals surface area (Å²) in [6, 6.07) is 0.726. The molecule has 2 unspecified atom stereocenters. The number of hydrogen-bond donors (Lipinski definition) is 1. The van der Waals surface area contributed by atoms with Gasteiger partial charge in [0.15, 0.2) is 0 Å². The molecule has 0 aromatic carbocycles. The molecule has 0 radical (unpaired) electrons. The fourth-order valence-electron chi connectivity index (χ4n) is 2.02. The number of nitrogens with one attached hydrogen (secondary N) is 1. The van der Waals surface area contributed by atoms with E-state index in [9.17, 15) is 0 Å². The van der Waals surface area contributed by atoms with Gasteiger partial charge in [-0.05, 0) is 31.2 Å². The molecule has 2 rings (SSSR count). The Hall–Kier alpha value is -0.830. The average Bonchev–Trinajstić information content (AvgIpc) is 2.46. The highest BCUT2D eigenvalue weighted by Gasteiger charge is 2.26. The van der Waals surface area contributed by atoms with E-state index in [0.29, 0.717) is 0 Å². The minimum absolute atomic E-state index is 0.726. The Bertz CT molecular complexity index is 297. The smallest absolute Gasteiger partial charge is 0.0547 e. The van der Waals surface area contributed by atoms with Gasteiger partial charge in [-0.25, -0.2) is 0 Å². The van der Waals surface area contributed by atoms with E-state index < -0.39 is 0 Å². The molecule has 1 saturated carbocycles. The first kappa shape index (κ1) is 9.71. The van der Waals surface area contributed by atoms with Crippen molar-refractivity contribution in [2.75, 3.05) is 0 Å². The minimum Gasteiger partial charge on any atom is -0.308 e. The van der Waals surface area contributed by atoms with Gasteiger partial charge in [0.2, 0.25) is 0 Å². The molecule has 1 aliphatic rings. The van der Waals surface area contributed by atoms with Gasteiger partial charge in [-0.15, -0.1) is 0 Å². The number of hydrogen-bond acceptors (Lipinski definition) is 2. The third-order valence-electron chi connectivity index (χ3n) is 3.42. The van der Waals surface area contributed by atoms with Gasteiger partial charge in [-0.3, -0.25) is 4.68 Å². The molecule has 14 heavy (non-hydrogen) atoms. The molecule has 0 bridgehead atoms. The third kappa shape index (κ3) is 1.69. The maximum Gasteiger partial charge on any atom is 0.0547 e. The van der Waals surface area contributed by atoms with E-state index in [-0.39, 0.29) is 0 Å². The lowest BCUT2D eigenvalue weighted by Crippen LogP contribution is -2.42. The van der Waals surface area contributed by atoms with Gasteiger partial charge >= 0.3 is 0 Å². The average molecular weight is 193 g/mol. The Kier molecular flexibility index (Phi) is 2.59. The summed E-state index contributed by atoms with van der Waals surface area (Å²) in [7, 11) is 2.01. The normalized spacial score (nSPS) is 26.2. The van der Waals surface area contributed by atoms with E-state index in [1.165, 1.54) is 24.1 Å². The summed E-state index contributed by atoms with van der Waals surface area (Å²) in [6.07, 6.45) is 4.64. The molecular formula is C11H19N3. The van der Waals surface area contributed by atoms with Gasteiger partial charge in [-0.2, -0.15) is 5.10 Å². The maximum absolute atomic E-state index is 4.23. The van der Waals surface area contributed by atoms with Crippen LogP contribution in [-0.2, 0) is 13.6 Å². The first-order valence-corrected chi connectivity index (χ1v) is 5.39. The van der Waals surface area contributed by atoms with Gasteiger partial charge < -0.3 is 5.32 Å². The van der Waals surface area contributed by atoms with E-state index in [2.05, 4.69) is 24.3 Å². The molecular weight excluding hydrogens is 174 g/mol. The number of nitrogens with zero attached hydrogens (tertiary/aromatic N) is 2. The van der Waals surface area contributed by atoms with Gasteiger partial charge in [0.25, 0.3) is 0 Å². The van der Waals surface area contributed by atoms with Crippen LogP contribution in [0.3, 0.4) is 0 Å². The largest absolute Gasteiger partial charge is 0.308 e. The Morgan fingerprint density at radius 3 is 2.79 bits per heavy atom. The Morgan fingerprint density at radius 2 is 2.36 bits per heavy atom. The van der Waals surface area contributed by atoms with E-state index >= 15 is 0 Å². The first-order valence-electron chi connectivity index (χ1n) is 5.39. The zero-order valence-corrected chi connectivity index (χ0v) is 9.25. The Morgan fingerprint density at radius 1 is 1.57 bits per heavy atom. The van der Waals surface area contributed by atoms with Crippen molar-refractivity contribution in [2.24, 2.45) is 13.0 Å². The van der Waals surface area contributed by atoms with Crippen LogP contribution in [0, 0.1) is 12.8 Å². The number of rotatable bonds is 3. The molecule has 1 aromatic rings. The van der Waals surface area contributed by atoms with Gasteiger partial charge in [0, 0.05) is 19.6 Å². The number of aromatic nitrogens is 2. The standard InChI is InChI=1S/C11H19N3/c1-8-4-5-10(8)12-7-11-9(2)6-13-14(11)3/h6,8,10,12H,4-5,7H2,1-3H3. The van der Waals surface area contributed by atoms with Crippen LogP contribution in [0.1, 0.15) is 31.0 Å². The van der Waals surface area contributed by atoms with Crippen LogP contribution in [0.5, 0.6) is 0 Å². The summed E-state index contributed by atoms with van der Waals surface area (Å²) >= 11 is 0. The van der Waals surface area contributed by atoms with E-state index in [1.54, 1.807) is 0 Å². The second-order valence-corrected chi connectivity index (χ2v) is 4.44. The predicted molar refractivity (Wildman–Crippen MR) is 57.0 cm³/mol. The lowest BCUT2D eigenvalue weighted by atomic mass is 9.81. The van der Waals surface area contributed by atoms with Crippen molar-refractivity contribution in [1.29, 1.82) is 0 Å². The predicted octanol–water partition coefficient (Wildman–Crippen LogP) is 1.62. The summed E-state index contributed by atoms with van der Waals surface area (Å²) < 4.78 is 1.96. The SMILES string of the molecule is Cc1cnn(C)c1CNC1CCC1C. The zero-order valence-electron chi connectivity index (χ0n) is 9.25. The topological polar surface area (TPSA) is 29.9 Å². The molecule has 0 saturated heterocycles. The van der Waals surface area contributed by atoms with E-state index in [0.717, 1.165) is 18.5 Å². The molecule has 3 nitrogen and oxygen atoms in total. The van der Waals surface area contributed by atoms with Crippen molar-refractivity contribution < 1.29 is 0 Å². The summed E-state index contributed by atoms with van der Waals surface area (Å²) in [4.78, 5) is 0. The van der Waals surface area contributed by atoms with Crippen LogP contribution in [-0.4, -0.2) is 15.8 Å². The Balaban J connectivity index is 1.91. The van der Waals surface area contributed by atoms with Gasteiger partial charge in [0.05, 0.1) is 11.9 Å². The van der Waals surface area contributed by atoms with Crippen LogP contribution in [0.25, 0.3) is 0 Å². The molecule has 2 atom stereocenters. The Labute approximate surface area is 85.5 Å². The highest BCUT2D eigenvalue weighted by Crippen LogP contribution is 2.26. The van der Waals surface area contributed by atoms with Crippen molar-refractivity contribution in [2.45, 2.75) is 39.3 Å². The summed E-state index contributed by atoms with van der Waals surface area (Å²) in [5.41, 5.74) is 2.59. The maximum atomic E-state index is 4.23. The van der Waals surface area contributed by atoms with Gasteiger partial charge in [0.1, 0.15) is 0 Å². The van der Waals surface area contributed by atoms with Crippen molar-refractivity contribution in [1.82, 2.24) is 15.1 Å². The molecule has 1 aromatic heterocycles. The molecule has 1 N–H and O–H groups in total. The second-order valence-electron chi connectivity index (χ2n) is 4.44. The van der Waals surface area contributed by atoms with Crippen LogP contribution < -0.4 is 5.32 Å². The molecule has 3 heteroatoms. The van der Waals surface area contributed by atoms with Crippen molar-refractivity contribution >= 4 is 0 Å². The fraction of sp³-hybridized carbons (Fsp3) is 0.727. The highest BCUT2D eigenvalue weighted by molar-refractivity contribution is 5.15. The lowest BCUT2D eigenvalue weighted by Gasteiger charge is -2.34. The first-order chi connectivity index (χ1) is 6.68. The third-order valence-corrected chi connectivity index (χ3v) is 3.42. The molecule has 0 aliphatic heterocycles. The van der Waals surface area contributed by atoms with Crippen molar-refractivity contribution in [3.63, 3.8) is 0 Å².